The number of amides is 1. The summed E-state index contributed by atoms with van der Waals surface area (Å²) in [4.78, 5) is 35.5. The number of esters is 2. The molecule has 0 heterocycles. The van der Waals surface area contributed by atoms with Crippen molar-refractivity contribution in [2.24, 2.45) is 0 Å². The third-order valence-corrected chi connectivity index (χ3v) is 3.89. The first-order valence-electron chi connectivity index (χ1n) is 6.78. The third kappa shape index (κ3) is 2.67. The van der Waals surface area contributed by atoms with Gasteiger partial charge in [0, 0.05) is 0 Å². The zero-order valence-corrected chi connectivity index (χ0v) is 13.0. The maximum Gasteiger partial charge on any atom is 0.408 e. The predicted octanol–water partition coefficient (Wildman–Crippen LogP) is 0.849. The number of benzene rings is 1. The molecule has 1 aliphatic rings. The van der Waals surface area contributed by atoms with Gasteiger partial charge in [-0.1, -0.05) is 0 Å². The van der Waals surface area contributed by atoms with Crippen molar-refractivity contribution < 1.29 is 33.7 Å². The van der Waals surface area contributed by atoms with Crippen LogP contribution in [0.1, 0.15) is 27.9 Å². The zero-order chi connectivity index (χ0) is 17.2. The molecule has 8 nitrogen and oxygen atoms in total. The van der Waals surface area contributed by atoms with E-state index in [2.05, 4.69) is 14.8 Å². The van der Waals surface area contributed by atoms with Crippen LogP contribution in [0.5, 0.6) is 5.75 Å². The molecule has 2 N–H and O–H groups in total. The van der Waals surface area contributed by atoms with Gasteiger partial charge < -0.3 is 24.6 Å². The van der Waals surface area contributed by atoms with Gasteiger partial charge in [-0.2, -0.15) is 0 Å². The highest BCUT2D eigenvalue weighted by atomic mass is 16.5. The summed E-state index contributed by atoms with van der Waals surface area (Å²) in [6, 6.07) is 2.71. The van der Waals surface area contributed by atoms with Crippen molar-refractivity contribution in [3.05, 3.63) is 28.8 Å². The minimum Gasteiger partial charge on any atom is -0.507 e. The predicted molar refractivity (Wildman–Crippen MR) is 77.0 cm³/mol. The fraction of sp³-hybridized carbons (Fsp3) is 0.400. The number of hydrogen-bond acceptors (Lipinski definition) is 7. The molecule has 0 aliphatic heterocycles. The average Bonchev–Trinajstić information content (AvgIpc) is 2.91. The highest BCUT2D eigenvalue weighted by molar-refractivity contribution is 5.94. The summed E-state index contributed by atoms with van der Waals surface area (Å²) in [5.41, 5.74) is -0.488. The van der Waals surface area contributed by atoms with Gasteiger partial charge in [-0.25, -0.2) is 14.4 Å². The second-order valence-electron chi connectivity index (χ2n) is 5.03. The van der Waals surface area contributed by atoms with Crippen LogP contribution in [-0.2, 0) is 31.0 Å². The topological polar surface area (TPSA) is 111 Å². The monoisotopic (exact) mass is 323 g/mol. The van der Waals surface area contributed by atoms with E-state index in [1.54, 1.807) is 0 Å². The van der Waals surface area contributed by atoms with Crippen LogP contribution in [0.2, 0.25) is 0 Å². The Morgan fingerprint density at radius 1 is 1.13 bits per heavy atom. The molecule has 0 unspecified atom stereocenters. The Morgan fingerprint density at radius 3 is 2.39 bits per heavy atom. The fourth-order valence-electron chi connectivity index (χ4n) is 2.76. The van der Waals surface area contributed by atoms with Crippen molar-refractivity contribution in [1.82, 2.24) is 5.32 Å². The summed E-state index contributed by atoms with van der Waals surface area (Å²) in [6.45, 7) is 0. The molecule has 0 aromatic heterocycles. The van der Waals surface area contributed by atoms with Gasteiger partial charge in [0.25, 0.3) is 0 Å². The van der Waals surface area contributed by atoms with E-state index >= 15 is 0 Å². The number of rotatable bonds is 3. The quantitative estimate of drug-likeness (QED) is 0.626. The number of phenols is 1. The molecule has 0 fully saturated rings. The Kier molecular flexibility index (Phi) is 4.44. The number of fused-ring (bicyclic) bond motifs is 1. The Hall–Kier alpha value is -2.77. The number of aromatic hydroxyl groups is 1. The Balaban J connectivity index is 2.56. The second-order valence-corrected chi connectivity index (χ2v) is 5.03. The number of methoxy groups -OCH3 is 3. The largest absolute Gasteiger partial charge is 0.507 e. The lowest BCUT2D eigenvalue weighted by atomic mass is 9.91. The molecule has 1 atom stereocenters. The van der Waals surface area contributed by atoms with Crippen LogP contribution < -0.4 is 5.32 Å². The maximum atomic E-state index is 12.3. The number of carbonyl (C=O) groups excluding carboxylic acids is 3. The van der Waals surface area contributed by atoms with E-state index in [4.69, 9.17) is 4.74 Å². The summed E-state index contributed by atoms with van der Waals surface area (Å²) in [5, 5.41) is 12.5. The number of alkyl carbamates (subject to hydrolysis) is 1. The van der Waals surface area contributed by atoms with Gasteiger partial charge in [0.15, 0.2) is 5.54 Å². The van der Waals surface area contributed by atoms with E-state index in [1.165, 1.54) is 33.5 Å². The van der Waals surface area contributed by atoms with Crippen LogP contribution in [-0.4, -0.2) is 44.5 Å². The molecule has 1 aromatic rings. The zero-order valence-electron chi connectivity index (χ0n) is 13.0. The van der Waals surface area contributed by atoms with Gasteiger partial charge in [0.1, 0.15) is 11.3 Å². The molecule has 2 rings (SSSR count). The van der Waals surface area contributed by atoms with Crippen LogP contribution in [0.4, 0.5) is 4.79 Å². The highest BCUT2D eigenvalue weighted by Gasteiger charge is 2.48. The van der Waals surface area contributed by atoms with Gasteiger partial charge in [0.2, 0.25) is 0 Å². The number of aryl methyl sites for hydroxylation is 1. The van der Waals surface area contributed by atoms with Crippen molar-refractivity contribution in [3.8, 4) is 5.75 Å². The molecule has 1 aromatic carbocycles. The molecule has 1 aliphatic carbocycles. The van der Waals surface area contributed by atoms with Crippen molar-refractivity contribution in [3.63, 3.8) is 0 Å². The molecule has 0 spiro atoms. The summed E-state index contributed by atoms with van der Waals surface area (Å²) in [6.07, 6.45) is -0.188. The van der Waals surface area contributed by atoms with Crippen LogP contribution in [0.25, 0.3) is 0 Å². The molecule has 8 heteroatoms. The van der Waals surface area contributed by atoms with Crippen molar-refractivity contribution in [2.45, 2.75) is 18.4 Å². The molecule has 0 saturated carbocycles. The molecule has 23 heavy (non-hydrogen) atoms. The minimum absolute atomic E-state index is 0.00927. The summed E-state index contributed by atoms with van der Waals surface area (Å²) in [7, 11) is 3.57. The number of hydrogen-bond donors (Lipinski definition) is 2. The van der Waals surface area contributed by atoms with Gasteiger partial charge in [-0.3, -0.25) is 0 Å². The van der Waals surface area contributed by atoms with Crippen molar-refractivity contribution in [1.29, 1.82) is 0 Å². The molecule has 1 amide bonds. The first-order valence-corrected chi connectivity index (χ1v) is 6.78. The normalized spacial score (nSPS) is 18.7. The molecule has 124 valence electrons. The molecular weight excluding hydrogens is 306 g/mol. The Morgan fingerprint density at radius 2 is 1.83 bits per heavy atom. The van der Waals surface area contributed by atoms with Crippen molar-refractivity contribution in [2.75, 3.05) is 21.3 Å². The summed E-state index contributed by atoms with van der Waals surface area (Å²) < 4.78 is 14.0. The number of nitrogens with one attached hydrogen (secondary N) is 1. The average molecular weight is 323 g/mol. The van der Waals surface area contributed by atoms with E-state index in [0.717, 1.165) is 0 Å². The fourth-order valence-corrected chi connectivity index (χ4v) is 2.76. The molecule has 0 bridgehead atoms. The Bertz CT molecular complexity index is 670. The van der Waals surface area contributed by atoms with Gasteiger partial charge in [-0.15, -0.1) is 0 Å². The molecule has 0 saturated heterocycles. The van der Waals surface area contributed by atoms with Gasteiger partial charge >= 0.3 is 18.0 Å². The lowest BCUT2D eigenvalue weighted by Crippen LogP contribution is -2.51. The highest BCUT2D eigenvalue weighted by Crippen LogP contribution is 2.41. The Labute approximate surface area is 132 Å². The molecular formula is C15H17NO7. The maximum absolute atomic E-state index is 12.3. The third-order valence-electron chi connectivity index (χ3n) is 3.89. The van der Waals surface area contributed by atoms with Crippen LogP contribution in [0, 0.1) is 0 Å². The standard InChI is InChI=1S/C15H17NO7/c1-21-12(18)9-6-8-4-5-15(13(19)22-2,16-14(20)23-3)10(8)7-11(9)17/h6-7,17H,4-5H2,1-3H3,(H,16,20)/t15-/m0/s1. The molecule has 0 radical (unpaired) electrons. The first kappa shape index (κ1) is 16.6. The second kappa shape index (κ2) is 6.15. The summed E-state index contributed by atoms with van der Waals surface area (Å²) in [5.74, 6) is -1.73. The van der Waals surface area contributed by atoms with Gasteiger partial charge in [0.05, 0.1) is 21.3 Å². The summed E-state index contributed by atoms with van der Waals surface area (Å²) >= 11 is 0. The van der Waals surface area contributed by atoms with Crippen molar-refractivity contribution >= 4 is 18.0 Å². The van der Waals surface area contributed by atoms with E-state index < -0.39 is 23.6 Å². The lowest BCUT2D eigenvalue weighted by Gasteiger charge is -2.28. The van der Waals surface area contributed by atoms with E-state index in [9.17, 15) is 19.5 Å². The van der Waals surface area contributed by atoms with Gasteiger partial charge in [-0.05, 0) is 36.1 Å². The first-order chi connectivity index (χ1) is 10.9. The minimum atomic E-state index is -1.47. The smallest absolute Gasteiger partial charge is 0.408 e. The van der Waals surface area contributed by atoms with E-state index in [-0.39, 0.29) is 17.7 Å². The van der Waals surface area contributed by atoms with E-state index in [0.29, 0.717) is 17.5 Å². The van der Waals surface area contributed by atoms with Crippen LogP contribution in [0.3, 0.4) is 0 Å². The lowest BCUT2D eigenvalue weighted by molar-refractivity contribution is -0.148. The number of carbonyl (C=O) groups is 3. The van der Waals surface area contributed by atoms with Crippen LogP contribution in [0.15, 0.2) is 12.1 Å². The SMILES string of the molecule is COC(=O)N[C@@]1(C(=O)OC)CCc2cc(C(=O)OC)c(O)cc21. The number of ether oxygens (including phenoxy) is 3. The van der Waals surface area contributed by atoms with E-state index in [1.807, 2.05) is 0 Å². The number of phenolic OH excluding ortho intramolecular Hbond substituents is 1. The van der Waals surface area contributed by atoms with Crippen LogP contribution >= 0.6 is 0 Å².